The summed E-state index contributed by atoms with van der Waals surface area (Å²) >= 11 is 0. The summed E-state index contributed by atoms with van der Waals surface area (Å²) in [5.74, 6) is 0.988. The second-order valence-corrected chi connectivity index (χ2v) is 6.87. The van der Waals surface area contributed by atoms with E-state index < -0.39 is 0 Å². The molecule has 20 heavy (non-hydrogen) atoms. The Hall–Kier alpha value is -1.09. The SMILES string of the molecule is COc1c(C)cnc(CC(C)(C)CCNC2CC2)c1C. The van der Waals surface area contributed by atoms with Crippen LogP contribution in [0.1, 0.15) is 49.9 Å². The molecule has 0 radical (unpaired) electrons. The van der Waals surface area contributed by atoms with Gasteiger partial charge in [0.1, 0.15) is 5.75 Å². The summed E-state index contributed by atoms with van der Waals surface area (Å²) in [7, 11) is 1.74. The van der Waals surface area contributed by atoms with Crippen LogP contribution in [0, 0.1) is 19.3 Å². The van der Waals surface area contributed by atoms with Crippen molar-refractivity contribution < 1.29 is 4.74 Å². The van der Waals surface area contributed by atoms with Gasteiger partial charge in [-0.3, -0.25) is 4.98 Å². The Morgan fingerprint density at radius 3 is 2.65 bits per heavy atom. The highest BCUT2D eigenvalue weighted by Gasteiger charge is 2.24. The molecule has 0 atom stereocenters. The Morgan fingerprint density at radius 2 is 2.05 bits per heavy atom. The van der Waals surface area contributed by atoms with Crippen LogP contribution in [-0.2, 0) is 6.42 Å². The molecule has 3 nitrogen and oxygen atoms in total. The Labute approximate surface area is 123 Å². The number of pyridine rings is 1. The normalized spacial score (nSPS) is 15.4. The monoisotopic (exact) mass is 276 g/mol. The largest absolute Gasteiger partial charge is 0.496 e. The minimum Gasteiger partial charge on any atom is -0.496 e. The first kappa shape index (κ1) is 15.3. The average molecular weight is 276 g/mol. The van der Waals surface area contributed by atoms with Crippen LogP contribution in [-0.4, -0.2) is 24.7 Å². The van der Waals surface area contributed by atoms with E-state index in [-0.39, 0.29) is 5.41 Å². The fourth-order valence-corrected chi connectivity index (χ4v) is 2.69. The molecule has 0 saturated heterocycles. The number of aromatic nitrogens is 1. The number of methoxy groups -OCH3 is 1. The second kappa shape index (κ2) is 6.13. The van der Waals surface area contributed by atoms with E-state index in [4.69, 9.17) is 4.74 Å². The van der Waals surface area contributed by atoms with Crippen LogP contribution in [0.25, 0.3) is 0 Å². The van der Waals surface area contributed by atoms with E-state index in [0.717, 1.165) is 30.3 Å². The third-order valence-electron chi connectivity index (χ3n) is 4.21. The zero-order valence-electron chi connectivity index (χ0n) is 13.5. The Morgan fingerprint density at radius 1 is 1.35 bits per heavy atom. The lowest BCUT2D eigenvalue weighted by atomic mass is 9.83. The molecule has 1 fully saturated rings. The Kier molecular flexibility index (Phi) is 4.69. The van der Waals surface area contributed by atoms with E-state index in [0.29, 0.717) is 0 Å². The predicted molar refractivity (Wildman–Crippen MR) is 83.4 cm³/mol. The zero-order chi connectivity index (χ0) is 14.8. The van der Waals surface area contributed by atoms with Crippen LogP contribution in [0.15, 0.2) is 6.20 Å². The molecule has 112 valence electrons. The molecule has 0 spiro atoms. The van der Waals surface area contributed by atoms with Gasteiger partial charge >= 0.3 is 0 Å². The molecule has 1 saturated carbocycles. The molecular formula is C17H28N2O. The van der Waals surface area contributed by atoms with Gasteiger partial charge in [0.05, 0.1) is 7.11 Å². The van der Waals surface area contributed by atoms with Crippen molar-refractivity contribution >= 4 is 0 Å². The van der Waals surface area contributed by atoms with Gasteiger partial charge in [0.2, 0.25) is 0 Å². The maximum Gasteiger partial charge on any atom is 0.128 e. The summed E-state index contributed by atoms with van der Waals surface area (Å²) in [6, 6.07) is 0.796. The van der Waals surface area contributed by atoms with Crippen molar-refractivity contribution in [3.8, 4) is 5.75 Å². The van der Waals surface area contributed by atoms with Gasteiger partial charge in [-0.2, -0.15) is 0 Å². The van der Waals surface area contributed by atoms with Crippen LogP contribution < -0.4 is 10.1 Å². The number of hydrogen-bond donors (Lipinski definition) is 1. The van der Waals surface area contributed by atoms with Crippen LogP contribution in [0.5, 0.6) is 5.75 Å². The average Bonchev–Trinajstić information content (AvgIpc) is 3.17. The third-order valence-corrected chi connectivity index (χ3v) is 4.21. The van der Waals surface area contributed by atoms with Crippen molar-refractivity contribution in [3.63, 3.8) is 0 Å². The Balaban J connectivity index is 1.99. The number of ether oxygens (including phenoxy) is 1. The molecule has 1 aliphatic carbocycles. The minimum absolute atomic E-state index is 0.264. The molecule has 1 aromatic heterocycles. The van der Waals surface area contributed by atoms with E-state index in [2.05, 4.69) is 31.1 Å². The van der Waals surface area contributed by atoms with Gasteiger partial charge in [0.25, 0.3) is 0 Å². The first-order valence-electron chi connectivity index (χ1n) is 7.65. The maximum atomic E-state index is 5.50. The molecule has 0 aliphatic heterocycles. The van der Waals surface area contributed by atoms with Crippen molar-refractivity contribution in [1.29, 1.82) is 0 Å². The number of nitrogens with zero attached hydrogens (tertiary/aromatic N) is 1. The first-order valence-corrected chi connectivity index (χ1v) is 7.65. The number of rotatable bonds is 7. The predicted octanol–water partition coefficient (Wildman–Crippen LogP) is 3.42. The summed E-state index contributed by atoms with van der Waals surface area (Å²) < 4.78 is 5.50. The van der Waals surface area contributed by atoms with Gasteiger partial charge in [-0.05, 0) is 51.5 Å². The molecule has 0 amide bonds. The summed E-state index contributed by atoms with van der Waals surface area (Å²) in [5.41, 5.74) is 3.74. The van der Waals surface area contributed by atoms with Crippen molar-refractivity contribution in [2.75, 3.05) is 13.7 Å². The lowest BCUT2D eigenvalue weighted by Crippen LogP contribution is -2.26. The maximum absolute atomic E-state index is 5.50. The molecule has 3 heteroatoms. The summed E-state index contributed by atoms with van der Waals surface area (Å²) in [6.45, 7) is 9.93. The van der Waals surface area contributed by atoms with Crippen LogP contribution in [0.3, 0.4) is 0 Å². The zero-order valence-corrected chi connectivity index (χ0v) is 13.5. The van der Waals surface area contributed by atoms with E-state index in [1.807, 2.05) is 13.1 Å². The molecule has 0 unspecified atom stereocenters. The number of hydrogen-bond acceptors (Lipinski definition) is 3. The molecule has 1 aliphatic rings. The molecule has 1 aromatic rings. The minimum atomic E-state index is 0.264. The Bertz CT molecular complexity index is 464. The van der Waals surface area contributed by atoms with Gasteiger partial charge in [0.15, 0.2) is 0 Å². The van der Waals surface area contributed by atoms with Crippen LogP contribution >= 0.6 is 0 Å². The van der Waals surface area contributed by atoms with Gasteiger partial charge in [-0.15, -0.1) is 0 Å². The van der Waals surface area contributed by atoms with Crippen LogP contribution in [0.4, 0.5) is 0 Å². The highest BCUT2D eigenvalue weighted by molar-refractivity contribution is 5.41. The summed E-state index contributed by atoms with van der Waals surface area (Å²) in [4.78, 5) is 4.63. The number of aryl methyl sites for hydroxylation is 1. The molecule has 1 N–H and O–H groups in total. The molecule has 0 bridgehead atoms. The molecule has 2 rings (SSSR count). The molecule has 1 heterocycles. The summed E-state index contributed by atoms with van der Waals surface area (Å²) in [6.07, 6.45) is 6.83. The highest BCUT2D eigenvalue weighted by atomic mass is 16.5. The fourth-order valence-electron chi connectivity index (χ4n) is 2.69. The van der Waals surface area contributed by atoms with Crippen molar-refractivity contribution in [2.45, 2.75) is 59.4 Å². The van der Waals surface area contributed by atoms with E-state index in [1.165, 1.54) is 30.5 Å². The van der Waals surface area contributed by atoms with Gasteiger partial charge in [0, 0.05) is 29.1 Å². The standard InChI is InChI=1S/C17H28N2O/c1-12-11-19-15(13(2)16(12)20-5)10-17(3,4)8-9-18-14-6-7-14/h11,14,18H,6-10H2,1-5H3. The highest BCUT2D eigenvalue weighted by Crippen LogP contribution is 2.31. The fraction of sp³-hybridized carbons (Fsp3) is 0.706. The number of nitrogens with one attached hydrogen (secondary N) is 1. The van der Waals surface area contributed by atoms with Crippen molar-refractivity contribution in [1.82, 2.24) is 10.3 Å². The lowest BCUT2D eigenvalue weighted by Gasteiger charge is -2.26. The van der Waals surface area contributed by atoms with E-state index in [9.17, 15) is 0 Å². The first-order chi connectivity index (χ1) is 9.43. The van der Waals surface area contributed by atoms with Gasteiger partial charge in [-0.1, -0.05) is 13.8 Å². The molecule has 0 aromatic carbocycles. The lowest BCUT2D eigenvalue weighted by molar-refractivity contribution is 0.320. The smallest absolute Gasteiger partial charge is 0.128 e. The third kappa shape index (κ3) is 3.95. The second-order valence-electron chi connectivity index (χ2n) is 6.87. The summed E-state index contributed by atoms with van der Waals surface area (Å²) in [5, 5.41) is 3.60. The quantitative estimate of drug-likeness (QED) is 0.828. The van der Waals surface area contributed by atoms with Gasteiger partial charge < -0.3 is 10.1 Å². The van der Waals surface area contributed by atoms with E-state index >= 15 is 0 Å². The molecular weight excluding hydrogens is 248 g/mol. The van der Waals surface area contributed by atoms with Crippen molar-refractivity contribution in [3.05, 3.63) is 23.0 Å². The van der Waals surface area contributed by atoms with Gasteiger partial charge in [-0.25, -0.2) is 0 Å². The van der Waals surface area contributed by atoms with Crippen molar-refractivity contribution in [2.24, 2.45) is 5.41 Å². The van der Waals surface area contributed by atoms with Crippen LogP contribution in [0.2, 0.25) is 0 Å². The van der Waals surface area contributed by atoms with E-state index in [1.54, 1.807) is 7.11 Å². The topological polar surface area (TPSA) is 34.1 Å².